The molecule has 20 heavy (non-hydrogen) atoms. The minimum atomic E-state index is -3.20. The maximum absolute atomic E-state index is 11.9. The Morgan fingerprint density at radius 1 is 1.45 bits per heavy atom. The van der Waals surface area contributed by atoms with Crippen molar-refractivity contribution in [1.82, 2.24) is 5.32 Å². The number of aldehydes is 1. The molecule has 1 aliphatic carbocycles. The molecule has 1 amide bonds. The zero-order valence-corrected chi connectivity index (χ0v) is 13.2. The van der Waals surface area contributed by atoms with Gasteiger partial charge in [-0.2, -0.15) is 0 Å². The minimum absolute atomic E-state index is 0.0407. The van der Waals surface area contributed by atoms with E-state index in [0.717, 1.165) is 0 Å². The molecular weight excluding hydrogens is 282 g/mol. The SMILES string of the molecule is CCS(=O)(=O)[C@H]1CC[C@](C=O)(NC(=O)OC(C)(C)C)C1. The molecule has 6 nitrogen and oxygen atoms in total. The van der Waals surface area contributed by atoms with E-state index < -0.39 is 32.3 Å². The molecule has 2 atom stereocenters. The third-order valence-corrected chi connectivity index (χ3v) is 5.61. The van der Waals surface area contributed by atoms with Gasteiger partial charge in [-0.15, -0.1) is 0 Å². The first-order valence-electron chi connectivity index (χ1n) is 6.73. The van der Waals surface area contributed by atoms with Gasteiger partial charge in [-0.3, -0.25) is 0 Å². The average molecular weight is 305 g/mol. The zero-order chi connectivity index (χ0) is 15.6. The highest BCUT2D eigenvalue weighted by atomic mass is 32.2. The lowest BCUT2D eigenvalue weighted by molar-refractivity contribution is -0.113. The average Bonchev–Trinajstić information content (AvgIpc) is 2.72. The number of carbonyl (C=O) groups is 2. The summed E-state index contributed by atoms with van der Waals surface area (Å²) in [5.41, 5.74) is -1.79. The summed E-state index contributed by atoms with van der Waals surface area (Å²) in [4.78, 5) is 23.1. The van der Waals surface area contributed by atoms with Gasteiger partial charge >= 0.3 is 6.09 Å². The lowest BCUT2D eigenvalue weighted by Gasteiger charge is -2.27. The van der Waals surface area contributed by atoms with Crippen LogP contribution in [0.3, 0.4) is 0 Å². The molecule has 116 valence electrons. The van der Waals surface area contributed by atoms with Crippen LogP contribution in [0.5, 0.6) is 0 Å². The van der Waals surface area contributed by atoms with Crippen molar-refractivity contribution in [1.29, 1.82) is 0 Å². The van der Waals surface area contributed by atoms with E-state index in [9.17, 15) is 18.0 Å². The third kappa shape index (κ3) is 4.19. The van der Waals surface area contributed by atoms with E-state index in [2.05, 4.69) is 5.32 Å². The van der Waals surface area contributed by atoms with Gasteiger partial charge in [0.25, 0.3) is 0 Å². The van der Waals surface area contributed by atoms with Crippen LogP contribution >= 0.6 is 0 Å². The lowest BCUT2D eigenvalue weighted by Crippen LogP contribution is -2.50. The van der Waals surface area contributed by atoms with Crippen molar-refractivity contribution in [3.63, 3.8) is 0 Å². The van der Waals surface area contributed by atoms with Crippen LogP contribution < -0.4 is 5.32 Å². The summed E-state index contributed by atoms with van der Waals surface area (Å²) in [6, 6.07) is 0. The van der Waals surface area contributed by atoms with Crippen LogP contribution in [-0.2, 0) is 19.4 Å². The Kier molecular flexibility index (Phi) is 4.84. The number of hydrogen-bond acceptors (Lipinski definition) is 5. The van der Waals surface area contributed by atoms with Crippen molar-refractivity contribution >= 4 is 22.2 Å². The molecule has 0 aliphatic heterocycles. The quantitative estimate of drug-likeness (QED) is 0.794. The highest BCUT2D eigenvalue weighted by Crippen LogP contribution is 2.33. The first-order chi connectivity index (χ1) is 9.03. The molecule has 1 N–H and O–H groups in total. The van der Waals surface area contributed by atoms with Crippen LogP contribution in [0.4, 0.5) is 4.79 Å². The number of carbonyl (C=O) groups excluding carboxylic acids is 2. The number of amides is 1. The molecule has 0 saturated heterocycles. The zero-order valence-electron chi connectivity index (χ0n) is 12.4. The normalized spacial score (nSPS) is 27.1. The highest BCUT2D eigenvalue weighted by molar-refractivity contribution is 7.92. The molecule has 1 saturated carbocycles. The molecule has 0 unspecified atom stereocenters. The van der Waals surface area contributed by atoms with E-state index in [1.807, 2.05) is 0 Å². The summed E-state index contributed by atoms with van der Waals surface area (Å²) in [5.74, 6) is 0.0407. The van der Waals surface area contributed by atoms with E-state index in [4.69, 9.17) is 4.74 Å². The minimum Gasteiger partial charge on any atom is -0.444 e. The summed E-state index contributed by atoms with van der Waals surface area (Å²) in [7, 11) is -3.20. The predicted octanol–water partition coefficient (Wildman–Crippen LogP) is 1.44. The fraction of sp³-hybridized carbons (Fsp3) is 0.846. The fourth-order valence-electron chi connectivity index (χ4n) is 2.33. The molecule has 1 rings (SSSR count). The second-order valence-electron chi connectivity index (χ2n) is 6.22. The standard InChI is InChI=1S/C13H23NO5S/c1-5-20(17,18)10-6-7-13(8-10,9-15)14-11(16)19-12(2,3)4/h9-10H,5-8H2,1-4H3,(H,14,16)/t10-,13-/m0/s1. The molecular formula is C13H23NO5S. The van der Waals surface area contributed by atoms with Gasteiger partial charge in [0.15, 0.2) is 9.84 Å². The smallest absolute Gasteiger partial charge is 0.408 e. The summed E-state index contributed by atoms with van der Waals surface area (Å²) in [6.45, 7) is 6.75. The molecule has 1 aliphatic rings. The monoisotopic (exact) mass is 305 g/mol. The molecule has 0 spiro atoms. The number of hydrogen-bond donors (Lipinski definition) is 1. The molecule has 0 bridgehead atoms. The summed E-state index contributed by atoms with van der Waals surface area (Å²) in [5, 5.41) is 1.95. The van der Waals surface area contributed by atoms with Crippen molar-refractivity contribution in [3.05, 3.63) is 0 Å². The molecule has 0 aromatic carbocycles. The van der Waals surface area contributed by atoms with Crippen molar-refractivity contribution in [2.24, 2.45) is 0 Å². The highest BCUT2D eigenvalue weighted by Gasteiger charge is 2.45. The first-order valence-corrected chi connectivity index (χ1v) is 8.44. The van der Waals surface area contributed by atoms with Gasteiger partial charge in [-0.05, 0) is 40.0 Å². The fourth-order valence-corrected chi connectivity index (χ4v) is 3.83. The Labute approximate surface area is 120 Å². The van der Waals surface area contributed by atoms with Crippen LogP contribution in [0.1, 0.15) is 47.0 Å². The second-order valence-corrected chi connectivity index (χ2v) is 8.79. The number of sulfone groups is 1. The van der Waals surface area contributed by atoms with E-state index in [1.54, 1.807) is 27.7 Å². The maximum Gasteiger partial charge on any atom is 0.408 e. The van der Waals surface area contributed by atoms with Gasteiger partial charge in [0.1, 0.15) is 17.4 Å². The summed E-state index contributed by atoms with van der Waals surface area (Å²) >= 11 is 0. The number of rotatable bonds is 4. The maximum atomic E-state index is 11.9. The van der Waals surface area contributed by atoms with Gasteiger partial charge in [0.05, 0.1) is 5.25 Å². The van der Waals surface area contributed by atoms with Crippen molar-refractivity contribution in [2.75, 3.05) is 5.75 Å². The molecule has 0 aromatic rings. The van der Waals surface area contributed by atoms with Crippen molar-refractivity contribution < 1.29 is 22.7 Å². The van der Waals surface area contributed by atoms with Crippen molar-refractivity contribution in [3.8, 4) is 0 Å². The van der Waals surface area contributed by atoms with E-state index in [1.165, 1.54) is 0 Å². The molecule has 0 aromatic heterocycles. The van der Waals surface area contributed by atoms with Crippen LogP contribution in [0.15, 0.2) is 0 Å². The van der Waals surface area contributed by atoms with Gasteiger partial charge in [-0.1, -0.05) is 6.92 Å². The Morgan fingerprint density at radius 2 is 2.05 bits per heavy atom. The number of alkyl carbamates (subject to hydrolysis) is 1. The number of ether oxygens (including phenoxy) is 1. The molecule has 7 heteroatoms. The van der Waals surface area contributed by atoms with E-state index in [-0.39, 0.29) is 12.2 Å². The molecule has 1 fully saturated rings. The van der Waals surface area contributed by atoms with E-state index >= 15 is 0 Å². The van der Waals surface area contributed by atoms with E-state index in [0.29, 0.717) is 19.1 Å². The van der Waals surface area contributed by atoms with Crippen molar-refractivity contribution in [2.45, 2.75) is 63.3 Å². The van der Waals surface area contributed by atoms with Crippen LogP contribution in [-0.4, -0.2) is 42.9 Å². The third-order valence-electron chi connectivity index (χ3n) is 3.39. The molecule has 0 heterocycles. The Balaban J connectivity index is 2.77. The molecule has 0 radical (unpaired) electrons. The predicted molar refractivity (Wildman–Crippen MR) is 75.3 cm³/mol. The Morgan fingerprint density at radius 3 is 2.50 bits per heavy atom. The summed E-state index contributed by atoms with van der Waals surface area (Å²) < 4.78 is 28.8. The van der Waals surface area contributed by atoms with Gasteiger partial charge in [0, 0.05) is 5.75 Å². The summed E-state index contributed by atoms with van der Waals surface area (Å²) in [6.07, 6.45) is 0.748. The number of nitrogens with one attached hydrogen (secondary N) is 1. The lowest BCUT2D eigenvalue weighted by atomic mass is 10.0. The van der Waals surface area contributed by atoms with Gasteiger partial charge in [-0.25, -0.2) is 13.2 Å². The Hall–Kier alpha value is -1.11. The van der Waals surface area contributed by atoms with Gasteiger partial charge < -0.3 is 14.8 Å². The van der Waals surface area contributed by atoms with Gasteiger partial charge in [0.2, 0.25) is 0 Å². The largest absolute Gasteiger partial charge is 0.444 e. The Bertz CT molecular complexity index is 479. The topological polar surface area (TPSA) is 89.5 Å². The van der Waals surface area contributed by atoms with Crippen LogP contribution in [0.25, 0.3) is 0 Å². The van der Waals surface area contributed by atoms with Crippen LogP contribution in [0.2, 0.25) is 0 Å². The first kappa shape index (κ1) is 16.9. The second kappa shape index (κ2) is 5.71. The van der Waals surface area contributed by atoms with Crippen LogP contribution in [0, 0.1) is 0 Å².